The van der Waals surface area contributed by atoms with E-state index in [0.717, 1.165) is 5.69 Å². The maximum Gasteiger partial charge on any atom is 0.243 e. The van der Waals surface area contributed by atoms with Gasteiger partial charge in [-0.05, 0) is 38.1 Å². The molecule has 0 saturated carbocycles. The van der Waals surface area contributed by atoms with Crippen LogP contribution >= 0.6 is 0 Å². The van der Waals surface area contributed by atoms with Gasteiger partial charge in [-0.1, -0.05) is 24.3 Å². The van der Waals surface area contributed by atoms with Crippen molar-refractivity contribution in [2.24, 2.45) is 0 Å². The van der Waals surface area contributed by atoms with E-state index in [0.29, 0.717) is 4.90 Å². The lowest BCUT2D eigenvalue weighted by atomic mass is 10.3. The van der Waals surface area contributed by atoms with E-state index >= 15 is 0 Å². The average molecular weight is 290 g/mol. The van der Waals surface area contributed by atoms with Gasteiger partial charge in [0.1, 0.15) is 0 Å². The standard InChI is InChI=1S/C15H18N2O2S/c1-13(2)17(12-14-8-6-7-11-16-14)20(18,19)15-9-4-3-5-10-15/h3-11,13H,12H2,1-2H3. The molecule has 0 aliphatic heterocycles. The molecule has 0 N–H and O–H groups in total. The number of pyridine rings is 1. The lowest BCUT2D eigenvalue weighted by molar-refractivity contribution is 0.344. The highest BCUT2D eigenvalue weighted by Gasteiger charge is 2.27. The highest BCUT2D eigenvalue weighted by Crippen LogP contribution is 2.20. The lowest BCUT2D eigenvalue weighted by Gasteiger charge is -2.25. The third-order valence-electron chi connectivity index (χ3n) is 2.97. The normalized spacial score (nSPS) is 12.0. The van der Waals surface area contributed by atoms with Crippen molar-refractivity contribution in [3.05, 3.63) is 60.4 Å². The van der Waals surface area contributed by atoms with Crippen molar-refractivity contribution >= 4 is 10.0 Å². The second kappa shape index (κ2) is 6.15. The Hall–Kier alpha value is -1.72. The van der Waals surface area contributed by atoms with Gasteiger partial charge in [0.15, 0.2) is 0 Å². The van der Waals surface area contributed by atoms with Crippen molar-refractivity contribution in [3.63, 3.8) is 0 Å². The zero-order chi connectivity index (χ0) is 14.6. The number of rotatable bonds is 5. The summed E-state index contributed by atoms with van der Waals surface area (Å²) in [7, 11) is -3.51. The molecule has 0 saturated heterocycles. The Labute approximate surface area is 120 Å². The quantitative estimate of drug-likeness (QED) is 0.850. The zero-order valence-electron chi connectivity index (χ0n) is 11.6. The summed E-state index contributed by atoms with van der Waals surface area (Å²) in [6, 6.07) is 13.9. The second-order valence-electron chi connectivity index (χ2n) is 4.78. The van der Waals surface area contributed by atoms with Gasteiger partial charge in [0.25, 0.3) is 0 Å². The fourth-order valence-corrected chi connectivity index (χ4v) is 3.55. The molecular weight excluding hydrogens is 272 g/mol. The number of sulfonamides is 1. The van der Waals surface area contributed by atoms with E-state index in [4.69, 9.17) is 0 Å². The van der Waals surface area contributed by atoms with Gasteiger partial charge in [0, 0.05) is 12.2 Å². The van der Waals surface area contributed by atoms with E-state index in [-0.39, 0.29) is 12.6 Å². The van der Waals surface area contributed by atoms with Gasteiger partial charge in [-0.15, -0.1) is 0 Å². The molecule has 5 heteroatoms. The Kier molecular flexibility index (Phi) is 4.52. The van der Waals surface area contributed by atoms with Crippen LogP contribution in [-0.2, 0) is 16.6 Å². The van der Waals surface area contributed by atoms with E-state index in [9.17, 15) is 8.42 Å². The molecule has 0 atom stereocenters. The van der Waals surface area contributed by atoms with Crippen LogP contribution in [0.2, 0.25) is 0 Å². The predicted molar refractivity (Wildman–Crippen MR) is 78.5 cm³/mol. The summed E-state index contributed by atoms with van der Waals surface area (Å²) in [6.45, 7) is 4.00. The molecule has 0 aliphatic rings. The summed E-state index contributed by atoms with van der Waals surface area (Å²) >= 11 is 0. The SMILES string of the molecule is CC(C)N(Cc1ccccn1)S(=O)(=O)c1ccccc1. The molecule has 0 unspecified atom stereocenters. The smallest absolute Gasteiger partial charge is 0.243 e. The van der Waals surface area contributed by atoms with Gasteiger partial charge in [-0.25, -0.2) is 8.42 Å². The Morgan fingerprint density at radius 1 is 1.05 bits per heavy atom. The lowest BCUT2D eigenvalue weighted by Crippen LogP contribution is -2.36. The molecule has 0 aliphatic carbocycles. The van der Waals surface area contributed by atoms with E-state index in [1.165, 1.54) is 4.31 Å². The molecule has 4 nitrogen and oxygen atoms in total. The topological polar surface area (TPSA) is 50.3 Å². The molecule has 1 heterocycles. The van der Waals surface area contributed by atoms with Gasteiger partial charge in [0.05, 0.1) is 17.1 Å². The summed E-state index contributed by atoms with van der Waals surface area (Å²) in [6.07, 6.45) is 1.67. The van der Waals surface area contributed by atoms with Crippen LogP contribution in [0.3, 0.4) is 0 Å². The average Bonchev–Trinajstić information content (AvgIpc) is 2.46. The highest BCUT2D eigenvalue weighted by molar-refractivity contribution is 7.89. The van der Waals surface area contributed by atoms with Gasteiger partial charge in [-0.3, -0.25) is 4.98 Å². The molecule has 2 aromatic rings. The van der Waals surface area contributed by atoms with Crippen LogP contribution in [0.1, 0.15) is 19.5 Å². The third-order valence-corrected chi connectivity index (χ3v) is 5.01. The van der Waals surface area contributed by atoms with E-state index in [1.807, 2.05) is 32.0 Å². The monoisotopic (exact) mass is 290 g/mol. The van der Waals surface area contributed by atoms with Gasteiger partial charge < -0.3 is 0 Å². The van der Waals surface area contributed by atoms with E-state index in [1.54, 1.807) is 36.5 Å². The minimum absolute atomic E-state index is 0.137. The molecule has 1 aromatic heterocycles. The molecule has 0 fully saturated rings. The van der Waals surface area contributed by atoms with Crippen LogP contribution in [-0.4, -0.2) is 23.7 Å². The molecular formula is C15H18N2O2S. The Morgan fingerprint density at radius 2 is 1.70 bits per heavy atom. The Bertz CT molecular complexity index is 640. The molecule has 106 valence electrons. The first-order valence-electron chi connectivity index (χ1n) is 6.48. The maximum absolute atomic E-state index is 12.7. The number of hydrogen-bond acceptors (Lipinski definition) is 3. The van der Waals surface area contributed by atoms with Crippen LogP contribution in [0.5, 0.6) is 0 Å². The van der Waals surface area contributed by atoms with Crippen molar-refractivity contribution in [1.29, 1.82) is 0 Å². The van der Waals surface area contributed by atoms with Crippen molar-refractivity contribution in [1.82, 2.24) is 9.29 Å². The first kappa shape index (κ1) is 14.7. The maximum atomic E-state index is 12.7. The second-order valence-corrected chi connectivity index (χ2v) is 6.67. The van der Waals surface area contributed by atoms with E-state index in [2.05, 4.69) is 4.98 Å². The molecule has 20 heavy (non-hydrogen) atoms. The summed E-state index contributed by atoms with van der Waals surface area (Å²) in [4.78, 5) is 4.51. The van der Waals surface area contributed by atoms with Gasteiger partial charge >= 0.3 is 0 Å². The minimum atomic E-state index is -3.51. The first-order chi connectivity index (χ1) is 9.51. The van der Waals surface area contributed by atoms with Crippen molar-refractivity contribution in [2.45, 2.75) is 31.3 Å². The van der Waals surface area contributed by atoms with Gasteiger partial charge in [0.2, 0.25) is 10.0 Å². The summed E-state index contributed by atoms with van der Waals surface area (Å²) in [5.41, 5.74) is 0.737. The number of nitrogens with zero attached hydrogens (tertiary/aromatic N) is 2. The van der Waals surface area contributed by atoms with Crippen LogP contribution in [0.15, 0.2) is 59.6 Å². The number of aromatic nitrogens is 1. The summed E-state index contributed by atoms with van der Waals surface area (Å²) in [5, 5.41) is 0. The number of benzene rings is 1. The summed E-state index contributed by atoms with van der Waals surface area (Å²) < 4.78 is 26.8. The predicted octanol–water partition coefficient (Wildman–Crippen LogP) is 2.68. The Morgan fingerprint density at radius 3 is 2.25 bits per heavy atom. The van der Waals surface area contributed by atoms with Crippen LogP contribution < -0.4 is 0 Å². The van der Waals surface area contributed by atoms with Crippen LogP contribution in [0.25, 0.3) is 0 Å². The molecule has 1 aromatic carbocycles. The van der Waals surface area contributed by atoms with Crippen molar-refractivity contribution < 1.29 is 8.42 Å². The first-order valence-corrected chi connectivity index (χ1v) is 7.92. The fourth-order valence-electron chi connectivity index (χ4n) is 1.92. The van der Waals surface area contributed by atoms with E-state index < -0.39 is 10.0 Å². The zero-order valence-corrected chi connectivity index (χ0v) is 12.4. The van der Waals surface area contributed by atoms with Crippen molar-refractivity contribution in [3.8, 4) is 0 Å². The number of hydrogen-bond donors (Lipinski definition) is 0. The molecule has 0 bridgehead atoms. The van der Waals surface area contributed by atoms with Crippen LogP contribution in [0, 0.1) is 0 Å². The fraction of sp³-hybridized carbons (Fsp3) is 0.267. The minimum Gasteiger partial charge on any atom is -0.260 e. The molecule has 0 amide bonds. The van der Waals surface area contributed by atoms with Crippen LogP contribution in [0.4, 0.5) is 0 Å². The Balaban J connectivity index is 2.34. The van der Waals surface area contributed by atoms with Gasteiger partial charge in [-0.2, -0.15) is 4.31 Å². The molecule has 2 rings (SSSR count). The molecule has 0 spiro atoms. The largest absolute Gasteiger partial charge is 0.260 e. The summed E-state index contributed by atoms with van der Waals surface area (Å²) in [5.74, 6) is 0. The highest BCUT2D eigenvalue weighted by atomic mass is 32.2. The molecule has 0 radical (unpaired) electrons. The third kappa shape index (κ3) is 3.23. The van der Waals surface area contributed by atoms with Crippen molar-refractivity contribution in [2.75, 3.05) is 0 Å².